The summed E-state index contributed by atoms with van der Waals surface area (Å²) in [5.41, 5.74) is 0.985. The number of hydrogen-bond donors (Lipinski definition) is 2. The van der Waals surface area contributed by atoms with Crippen LogP contribution in [0, 0.1) is 0 Å². The molecule has 0 bridgehead atoms. The zero-order chi connectivity index (χ0) is 23.6. The minimum Gasteiger partial charge on any atom is -0.477 e. The second-order valence-corrected chi connectivity index (χ2v) is 9.96. The highest BCUT2D eigenvalue weighted by Crippen LogP contribution is 2.40. The summed E-state index contributed by atoms with van der Waals surface area (Å²) >= 11 is 1.25. The third kappa shape index (κ3) is 7.51. The van der Waals surface area contributed by atoms with Crippen LogP contribution in [0.3, 0.4) is 0 Å². The molecule has 33 heavy (non-hydrogen) atoms. The molecule has 0 amide bonds. The highest BCUT2D eigenvalue weighted by atomic mass is 32.1. The Morgan fingerprint density at radius 1 is 1.12 bits per heavy atom. The van der Waals surface area contributed by atoms with E-state index in [4.69, 9.17) is 14.0 Å². The van der Waals surface area contributed by atoms with Crippen molar-refractivity contribution in [2.24, 2.45) is 0 Å². The zero-order valence-corrected chi connectivity index (χ0v) is 20.4. The Balaban J connectivity index is 1.82. The molecule has 2 N–H and O–H groups in total. The molecule has 3 rings (SSSR count). The lowest BCUT2D eigenvalue weighted by Crippen LogP contribution is -2.37. The van der Waals surface area contributed by atoms with Gasteiger partial charge in [-0.15, -0.1) is 11.3 Å². The number of methoxy groups -OCH3 is 1. The van der Waals surface area contributed by atoms with Crippen molar-refractivity contribution in [3.8, 4) is 5.75 Å². The summed E-state index contributed by atoms with van der Waals surface area (Å²) in [6.07, 6.45) is 1.74. The molecule has 0 fully saturated rings. The van der Waals surface area contributed by atoms with Crippen molar-refractivity contribution in [1.82, 2.24) is 5.09 Å². The first-order chi connectivity index (χ1) is 16.0. The number of para-hydroxylation sites is 1. The van der Waals surface area contributed by atoms with E-state index in [1.54, 1.807) is 13.2 Å². The lowest BCUT2D eigenvalue weighted by molar-refractivity contribution is -0.146. The zero-order valence-electron chi connectivity index (χ0n) is 18.7. The van der Waals surface area contributed by atoms with E-state index in [9.17, 15) is 14.7 Å². The molecule has 2 aromatic carbocycles. The van der Waals surface area contributed by atoms with Crippen LogP contribution in [0.15, 0.2) is 54.6 Å². The van der Waals surface area contributed by atoms with Gasteiger partial charge in [-0.1, -0.05) is 31.2 Å². The van der Waals surface area contributed by atoms with E-state index in [0.717, 1.165) is 22.1 Å². The number of aromatic carboxylic acids is 1. The normalized spacial score (nSPS) is 12.9. The second kappa shape index (κ2) is 12.7. The Labute approximate surface area is 198 Å². The van der Waals surface area contributed by atoms with Crippen LogP contribution in [-0.4, -0.2) is 43.4 Å². The summed E-state index contributed by atoms with van der Waals surface area (Å²) in [5, 5.41) is 13.5. The molecular weight excluding hydrogens is 461 g/mol. The molecule has 176 valence electrons. The Hall–Kier alpha value is -2.51. The van der Waals surface area contributed by atoms with Gasteiger partial charge in [-0.05, 0) is 54.1 Å². The largest absolute Gasteiger partial charge is 0.477 e. The average Bonchev–Trinajstić information content (AvgIpc) is 3.24. The summed E-state index contributed by atoms with van der Waals surface area (Å²) < 4.78 is 17.7. The predicted molar refractivity (Wildman–Crippen MR) is 131 cm³/mol. The first kappa shape index (κ1) is 25.1. The number of rotatable bonds is 13. The fourth-order valence-electron chi connectivity index (χ4n) is 3.12. The quantitative estimate of drug-likeness (QED) is 0.244. The van der Waals surface area contributed by atoms with Gasteiger partial charge in [0.15, 0.2) is 8.30 Å². The number of thiophene rings is 1. The number of nitrogens with one attached hydrogen (secondary N) is 1. The van der Waals surface area contributed by atoms with E-state index < -0.39 is 20.3 Å². The van der Waals surface area contributed by atoms with Crippen molar-refractivity contribution in [2.45, 2.75) is 32.0 Å². The van der Waals surface area contributed by atoms with Gasteiger partial charge in [0.05, 0.1) is 6.61 Å². The summed E-state index contributed by atoms with van der Waals surface area (Å²) in [6.45, 7) is 2.72. The molecule has 0 saturated heterocycles. The Morgan fingerprint density at radius 2 is 1.91 bits per heavy atom. The van der Waals surface area contributed by atoms with Crippen LogP contribution in [0.1, 0.15) is 35.0 Å². The van der Waals surface area contributed by atoms with Crippen LogP contribution in [0.5, 0.6) is 5.75 Å². The SMILES string of the molecule is CCCOC(=O)C(CCOC)NP(Cc1ccc2sc(C(=O)O)cc2c1)Oc1ccccc1. The third-order valence-corrected chi connectivity index (χ3v) is 7.51. The lowest BCUT2D eigenvalue weighted by Gasteiger charge is -2.25. The van der Waals surface area contributed by atoms with E-state index in [1.807, 2.05) is 55.5 Å². The molecule has 9 heteroatoms. The van der Waals surface area contributed by atoms with Gasteiger partial charge in [-0.2, -0.15) is 0 Å². The van der Waals surface area contributed by atoms with Gasteiger partial charge in [0, 0.05) is 24.6 Å². The molecule has 3 aromatic rings. The fourth-order valence-corrected chi connectivity index (χ4v) is 5.70. The van der Waals surface area contributed by atoms with Crippen molar-refractivity contribution in [1.29, 1.82) is 0 Å². The standard InChI is InChI=1S/C24H28NO6PS/c1-3-12-30-24(28)20(11-13-29-2)25-32(31-19-7-5-4-6-8-19)16-17-9-10-21-18(14-17)15-22(33-21)23(26)27/h4-10,14-15,20,25H,3,11-13,16H2,1-2H3,(H,26,27). The van der Waals surface area contributed by atoms with Crippen LogP contribution >= 0.6 is 19.6 Å². The number of carboxylic acid groups (broad SMARTS) is 1. The lowest BCUT2D eigenvalue weighted by atomic mass is 10.2. The third-order valence-electron chi connectivity index (χ3n) is 4.72. The molecule has 2 atom stereocenters. The summed E-state index contributed by atoms with van der Waals surface area (Å²) in [5.74, 6) is -0.550. The Morgan fingerprint density at radius 3 is 2.61 bits per heavy atom. The van der Waals surface area contributed by atoms with Crippen molar-refractivity contribution in [3.05, 3.63) is 65.0 Å². The van der Waals surface area contributed by atoms with Crippen molar-refractivity contribution in [3.63, 3.8) is 0 Å². The van der Waals surface area contributed by atoms with Gasteiger partial charge in [0.1, 0.15) is 16.7 Å². The van der Waals surface area contributed by atoms with Crippen LogP contribution in [0.4, 0.5) is 0 Å². The van der Waals surface area contributed by atoms with Crippen molar-refractivity contribution in [2.75, 3.05) is 20.3 Å². The van der Waals surface area contributed by atoms with Gasteiger partial charge >= 0.3 is 11.9 Å². The van der Waals surface area contributed by atoms with Crippen LogP contribution in [0.2, 0.25) is 0 Å². The van der Waals surface area contributed by atoms with Crippen LogP contribution in [-0.2, 0) is 20.4 Å². The van der Waals surface area contributed by atoms with Crippen molar-refractivity contribution >= 4 is 41.7 Å². The number of ether oxygens (including phenoxy) is 2. The van der Waals surface area contributed by atoms with Crippen LogP contribution < -0.4 is 9.61 Å². The number of carbonyl (C=O) groups is 2. The number of fused-ring (bicyclic) bond motifs is 1. The highest BCUT2D eigenvalue weighted by molar-refractivity contribution is 7.50. The highest BCUT2D eigenvalue weighted by Gasteiger charge is 2.25. The van der Waals surface area contributed by atoms with Gasteiger partial charge < -0.3 is 19.1 Å². The fraction of sp³-hybridized carbons (Fsp3) is 0.333. The molecule has 0 aliphatic carbocycles. The van der Waals surface area contributed by atoms with Crippen molar-refractivity contribution < 1.29 is 28.7 Å². The minimum atomic E-state index is -1.30. The number of esters is 1. The van der Waals surface area contributed by atoms with Crippen LogP contribution in [0.25, 0.3) is 10.1 Å². The van der Waals surface area contributed by atoms with E-state index in [2.05, 4.69) is 5.09 Å². The topological polar surface area (TPSA) is 94.1 Å². The smallest absolute Gasteiger partial charge is 0.345 e. The first-order valence-electron chi connectivity index (χ1n) is 10.7. The summed E-state index contributed by atoms with van der Waals surface area (Å²) in [7, 11) is 0.299. The molecule has 0 saturated carbocycles. The van der Waals surface area contributed by atoms with Gasteiger partial charge in [-0.3, -0.25) is 4.79 Å². The molecule has 0 radical (unpaired) electrons. The number of carboxylic acids is 1. The molecule has 1 heterocycles. The van der Waals surface area contributed by atoms with Gasteiger partial charge in [0.2, 0.25) is 0 Å². The number of hydrogen-bond acceptors (Lipinski definition) is 7. The summed E-state index contributed by atoms with van der Waals surface area (Å²) in [4.78, 5) is 24.3. The minimum absolute atomic E-state index is 0.307. The Bertz CT molecular complexity index is 1060. The van der Waals surface area contributed by atoms with E-state index in [0.29, 0.717) is 36.4 Å². The molecule has 2 unspecified atom stereocenters. The monoisotopic (exact) mass is 489 g/mol. The Kier molecular flexibility index (Phi) is 9.63. The van der Waals surface area contributed by atoms with E-state index in [-0.39, 0.29) is 5.97 Å². The van der Waals surface area contributed by atoms with Gasteiger partial charge in [0.25, 0.3) is 0 Å². The van der Waals surface area contributed by atoms with Gasteiger partial charge in [-0.25, -0.2) is 9.88 Å². The predicted octanol–water partition coefficient (Wildman–Crippen LogP) is 5.44. The molecule has 1 aromatic heterocycles. The molecular formula is C24H28NO6PS. The average molecular weight is 490 g/mol. The number of benzene rings is 2. The second-order valence-electron chi connectivity index (χ2n) is 7.36. The molecule has 0 spiro atoms. The van der Waals surface area contributed by atoms with E-state index in [1.165, 1.54) is 11.3 Å². The molecule has 0 aliphatic heterocycles. The maximum atomic E-state index is 12.7. The summed E-state index contributed by atoms with van der Waals surface area (Å²) in [6, 6.07) is 16.4. The first-order valence-corrected chi connectivity index (χ1v) is 12.9. The van der Waals surface area contributed by atoms with E-state index >= 15 is 0 Å². The maximum Gasteiger partial charge on any atom is 0.345 e. The molecule has 7 nitrogen and oxygen atoms in total. The number of carbonyl (C=O) groups excluding carboxylic acids is 1. The maximum absolute atomic E-state index is 12.7. The molecule has 0 aliphatic rings.